The molecule has 9 nitrogen and oxygen atoms in total. The number of nitrogens with one attached hydrogen (secondary N) is 2. The Morgan fingerprint density at radius 2 is 1.43 bits per heavy atom. The Kier molecular flexibility index (Phi) is 10.5. The van der Waals surface area contributed by atoms with Crippen LogP contribution < -0.4 is 11.0 Å². The maximum Gasteiger partial charge on any atom is 0.326 e. The van der Waals surface area contributed by atoms with E-state index >= 15 is 0 Å². The molecule has 1 aromatic heterocycles. The molecule has 0 radical (unpaired) electrons. The van der Waals surface area contributed by atoms with E-state index in [2.05, 4.69) is 22.1 Å². The number of aliphatic hydroxyl groups excluding tert-OH is 1. The number of nitrogens with zero attached hydrogens (tertiary/aromatic N) is 2. The lowest BCUT2D eigenvalue weighted by molar-refractivity contribution is -0.276. The van der Waals surface area contributed by atoms with Crippen molar-refractivity contribution in [2.45, 2.75) is 57.5 Å². The number of likely N-dealkylation sites (tertiary alicyclic amines) is 1. The number of fused-ring (bicyclic) bond motifs is 1. The van der Waals surface area contributed by atoms with E-state index in [9.17, 15) is 36.6 Å². The fourth-order valence-electron chi connectivity index (χ4n) is 7.25. The molecule has 2 fully saturated rings. The highest BCUT2D eigenvalue weighted by atomic mass is 19.2. The van der Waals surface area contributed by atoms with Crippen LogP contribution in [0, 0.1) is 35.0 Å². The Labute approximate surface area is 301 Å². The van der Waals surface area contributed by atoms with Crippen molar-refractivity contribution in [1.82, 2.24) is 19.8 Å². The van der Waals surface area contributed by atoms with E-state index in [-0.39, 0.29) is 43.0 Å². The Morgan fingerprint density at radius 3 is 2.09 bits per heavy atom. The van der Waals surface area contributed by atoms with Crippen LogP contribution in [0.15, 0.2) is 77.6 Å². The van der Waals surface area contributed by atoms with E-state index in [0.29, 0.717) is 17.7 Å². The molecule has 4 atom stereocenters. The maximum atomic E-state index is 14.1. The molecule has 5 aromatic rings. The van der Waals surface area contributed by atoms with Gasteiger partial charge in [-0.2, -0.15) is 0 Å². The van der Waals surface area contributed by atoms with Crippen LogP contribution in [0.4, 0.5) is 22.0 Å². The third-order valence-corrected chi connectivity index (χ3v) is 10.2. The summed E-state index contributed by atoms with van der Waals surface area (Å²) in [5, 5.41) is 11.8. The second kappa shape index (κ2) is 15.2. The van der Waals surface area contributed by atoms with Gasteiger partial charge in [-0.15, -0.1) is 0 Å². The summed E-state index contributed by atoms with van der Waals surface area (Å²) in [6, 6.07) is 22.0. The van der Waals surface area contributed by atoms with E-state index < -0.39 is 46.8 Å². The number of benzene rings is 4. The minimum Gasteiger partial charge on any atom is -0.392 e. The molecule has 53 heavy (non-hydrogen) atoms. The van der Waals surface area contributed by atoms with Gasteiger partial charge in [0.15, 0.2) is 29.6 Å². The van der Waals surface area contributed by atoms with Crippen molar-refractivity contribution in [2.75, 3.05) is 19.6 Å². The molecule has 0 spiro atoms. The number of aliphatic hydroxyl groups is 1. The number of hydrogen-bond donors (Lipinski definition) is 3. The predicted octanol–water partition coefficient (Wildman–Crippen LogP) is 6.58. The number of hydrogen-bond acceptors (Lipinski definition) is 6. The smallest absolute Gasteiger partial charge is 0.326 e. The first-order chi connectivity index (χ1) is 25.5. The zero-order valence-electron chi connectivity index (χ0n) is 28.6. The van der Waals surface area contributed by atoms with Gasteiger partial charge in [-0.1, -0.05) is 67.6 Å². The second-order valence-electron chi connectivity index (χ2n) is 13.5. The third kappa shape index (κ3) is 7.23. The topological polar surface area (TPSA) is 109 Å². The fourth-order valence-corrected chi connectivity index (χ4v) is 7.25. The summed E-state index contributed by atoms with van der Waals surface area (Å²) in [5.41, 5.74) is 2.86. The lowest BCUT2D eigenvalue weighted by atomic mass is 9.89. The van der Waals surface area contributed by atoms with Crippen LogP contribution in [-0.2, 0) is 22.6 Å². The van der Waals surface area contributed by atoms with Gasteiger partial charge in [0, 0.05) is 43.7 Å². The molecule has 4 aromatic carbocycles. The van der Waals surface area contributed by atoms with Gasteiger partial charge in [-0.05, 0) is 41.7 Å². The number of H-pyrrole nitrogens is 1. The van der Waals surface area contributed by atoms with Crippen LogP contribution in [-0.4, -0.2) is 51.2 Å². The van der Waals surface area contributed by atoms with Crippen molar-refractivity contribution in [3.05, 3.63) is 140 Å². The Bertz CT molecular complexity index is 2140. The van der Waals surface area contributed by atoms with Crippen molar-refractivity contribution in [3.8, 4) is 0 Å². The average Bonchev–Trinajstić information content (AvgIpc) is 3.52. The quantitative estimate of drug-likeness (QED) is 0.0898. The van der Waals surface area contributed by atoms with Gasteiger partial charge in [0.1, 0.15) is 5.56 Å². The van der Waals surface area contributed by atoms with Crippen molar-refractivity contribution < 1.29 is 41.3 Å². The highest BCUT2D eigenvalue weighted by molar-refractivity contribution is 5.94. The number of carbonyl (C=O) groups is 1. The van der Waals surface area contributed by atoms with Crippen LogP contribution >= 0.6 is 0 Å². The number of amides is 1. The lowest BCUT2D eigenvalue weighted by Gasteiger charge is -2.44. The summed E-state index contributed by atoms with van der Waals surface area (Å²) < 4.78 is 84.0. The molecule has 3 heterocycles. The molecule has 14 heteroatoms. The van der Waals surface area contributed by atoms with Crippen molar-refractivity contribution in [2.24, 2.45) is 5.92 Å². The number of aromatic amines is 1. The minimum absolute atomic E-state index is 0.0628. The molecule has 0 saturated carbocycles. The maximum absolute atomic E-state index is 14.1. The molecule has 2 aliphatic heterocycles. The first-order valence-electron chi connectivity index (χ1n) is 17.3. The molecule has 3 N–H and O–H groups in total. The number of imidazole rings is 1. The monoisotopic (exact) mass is 736 g/mol. The number of ether oxygens (including phenoxy) is 2. The van der Waals surface area contributed by atoms with Gasteiger partial charge in [-0.3, -0.25) is 9.36 Å². The number of rotatable bonds is 9. The van der Waals surface area contributed by atoms with E-state index in [0.717, 1.165) is 48.1 Å². The summed E-state index contributed by atoms with van der Waals surface area (Å²) in [6.07, 6.45) is 0.157. The highest BCUT2D eigenvalue weighted by Crippen LogP contribution is 2.42. The van der Waals surface area contributed by atoms with Crippen molar-refractivity contribution >= 4 is 16.9 Å². The average molecular weight is 737 g/mol. The first-order valence-corrected chi connectivity index (χ1v) is 17.3. The summed E-state index contributed by atoms with van der Waals surface area (Å²) in [5.74, 6) is -12.7. The number of aromatic nitrogens is 2. The Balaban J connectivity index is 1.05. The van der Waals surface area contributed by atoms with Crippen molar-refractivity contribution in [3.63, 3.8) is 0 Å². The number of piperidine rings is 1. The van der Waals surface area contributed by atoms with Gasteiger partial charge in [0.2, 0.25) is 5.82 Å². The van der Waals surface area contributed by atoms with Crippen LogP contribution in [0.3, 0.4) is 0 Å². The van der Waals surface area contributed by atoms with Crippen LogP contribution in [0.2, 0.25) is 0 Å². The molecular weight excluding hydrogens is 699 g/mol. The van der Waals surface area contributed by atoms with E-state index in [1.807, 2.05) is 53.1 Å². The number of halogens is 5. The molecule has 0 aliphatic carbocycles. The predicted molar refractivity (Wildman–Crippen MR) is 184 cm³/mol. The summed E-state index contributed by atoms with van der Waals surface area (Å²) in [7, 11) is 0. The number of carbonyl (C=O) groups excluding carboxylic acids is 1. The highest BCUT2D eigenvalue weighted by Gasteiger charge is 2.40. The summed E-state index contributed by atoms with van der Waals surface area (Å²) in [6.45, 7) is 3.85. The van der Waals surface area contributed by atoms with E-state index in [4.69, 9.17) is 9.47 Å². The van der Waals surface area contributed by atoms with Gasteiger partial charge < -0.3 is 29.8 Å². The lowest BCUT2D eigenvalue weighted by Crippen LogP contribution is -2.47. The van der Waals surface area contributed by atoms with Crippen LogP contribution in [0.5, 0.6) is 0 Å². The Morgan fingerprint density at radius 1 is 0.830 bits per heavy atom. The normalized spacial score (nSPS) is 21.3. The third-order valence-electron chi connectivity index (χ3n) is 10.2. The van der Waals surface area contributed by atoms with E-state index in [1.54, 1.807) is 24.3 Å². The molecular formula is C39H37F5N4O5. The van der Waals surface area contributed by atoms with Gasteiger partial charge >= 0.3 is 5.69 Å². The van der Waals surface area contributed by atoms with E-state index in [1.165, 1.54) is 0 Å². The molecule has 1 amide bonds. The molecule has 2 aliphatic rings. The molecule has 0 bridgehead atoms. The Hall–Kier alpha value is -4.89. The largest absolute Gasteiger partial charge is 0.392 e. The zero-order valence-corrected chi connectivity index (χ0v) is 28.6. The second-order valence-corrected chi connectivity index (χ2v) is 13.5. The summed E-state index contributed by atoms with van der Waals surface area (Å²) in [4.78, 5) is 30.6. The van der Waals surface area contributed by atoms with Gasteiger partial charge in [0.05, 0.1) is 29.8 Å². The molecule has 0 unspecified atom stereocenters. The molecule has 2 saturated heterocycles. The van der Waals surface area contributed by atoms with Crippen molar-refractivity contribution in [1.29, 1.82) is 0 Å². The SMILES string of the molecule is C[C@H]1[C@@H](CN2CCC(n3c(=O)[nH]c4ccccc43)CC2)O[C@@H](c2ccc(CNC(=O)c3c(F)c(F)c(F)c(F)c3F)cc2)O[C@H]1c1ccc(CO)cc1. The zero-order chi connectivity index (χ0) is 37.4. The van der Waals surface area contributed by atoms with Crippen LogP contribution in [0.1, 0.15) is 70.8 Å². The molecule has 7 rings (SSSR count). The standard InChI is InChI=1S/C39H37F5N4O5/c1-21-29(19-47-16-14-26(15-17-47)48-28-5-3-2-4-27(28)46-39(48)51)52-38(53-36(21)24-10-8-23(20-49)9-11-24)25-12-6-22(7-13-25)18-45-37(50)30-31(40)33(42)35(44)34(43)32(30)41/h2-13,21,26,29,36,38,49H,14-20H2,1H3,(H,45,50)(H,46,51)/t21-,29+,36+,38+/m0/s1. The van der Waals surface area contributed by atoms with Gasteiger partial charge in [0.25, 0.3) is 5.91 Å². The molecule has 278 valence electrons. The van der Waals surface area contributed by atoms with Crippen LogP contribution in [0.25, 0.3) is 11.0 Å². The van der Waals surface area contributed by atoms with Gasteiger partial charge in [-0.25, -0.2) is 26.7 Å². The fraction of sp³-hybridized carbons (Fsp3) is 0.333. The number of para-hydroxylation sites is 2. The summed E-state index contributed by atoms with van der Waals surface area (Å²) >= 11 is 0. The first kappa shape index (κ1) is 36.5. The minimum atomic E-state index is -2.34.